The van der Waals surface area contributed by atoms with Gasteiger partial charge in [0, 0.05) is 31.0 Å². The number of amides is 1. The van der Waals surface area contributed by atoms with E-state index in [1.54, 1.807) is 4.90 Å². The Morgan fingerprint density at radius 1 is 1.30 bits per heavy atom. The van der Waals surface area contributed by atoms with Gasteiger partial charge in [0.1, 0.15) is 11.4 Å². The Kier molecular flexibility index (Phi) is 7.33. The summed E-state index contributed by atoms with van der Waals surface area (Å²) in [6, 6.07) is 1.87. The lowest BCUT2D eigenvalue weighted by Crippen LogP contribution is -2.52. The summed E-state index contributed by atoms with van der Waals surface area (Å²) in [5.74, 6) is 1.14. The molecule has 6 heteroatoms. The van der Waals surface area contributed by atoms with Crippen molar-refractivity contribution in [3.63, 3.8) is 0 Å². The van der Waals surface area contributed by atoms with Gasteiger partial charge in [-0.15, -0.1) is 0 Å². The highest BCUT2D eigenvalue weighted by Crippen LogP contribution is 2.43. The van der Waals surface area contributed by atoms with Gasteiger partial charge in [-0.2, -0.15) is 0 Å². The van der Waals surface area contributed by atoms with Crippen molar-refractivity contribution in [1.82, 2.24) is 4.90 Å². The smallest absolute Gasteiger partial charge is 0.409 e. The van der Waals surface area contributed by atoms with Gasteiger partial charge in [-0.05, 0) is 43.4 Å². The number of benzene rings is 1. The van der Waals surface area contributed by atoms with Gasteiger partial charge in [0.2, 0.25) is 0 Å². The molecule has 1 atom stereocenters. The average molecular weight is 436 g/mol. The second-order valence-corrected chi connectivity index (χ2v) is 9.25. The van der Waals surface area contributed by atoms with E-state index in [4.69, 9.17) is 21.1 Å². The van der Waals surface area contributed by atoms with Crippen molar-refractivity contribution in [2.45, 2.75) is 78.2 Å². The van der Waals surface area contributed by atoms with E-state index in [2.05, 4.69) is 13.8 Å². The zero-order chi connectivity index (χ0) is 21.9. The van der Waals surface area contributed by atoms with Gasteiger partial charge in [-0.25, -0.2) is 4.79 Å². The molecule has 1 saturated heterocycles. The molecule has 3 rings (SSSR count). The maximum absolute atomic E-state index is 12.9. The Bertz CT molecular complexity index is 799. The number of ketones is 1. The van der Waals surface area contributed by atoms with Crippen LogP contribution in [0, 0.1) is 19.8 Å². The highest BCUT2D eigenvalue weighted by atomic mass is 35.5. The maximum Gasteiger partial charge on any atom is 0.409 e. The molecule has 2 heterocycles. The van der Waals surface area contributed by atoms with Crippen LogP contribution in [0.15, 0.2) is 6.07 Å². The van der Waals surface area contributed by atoms with Crippen LogP contribution in [-0.2, 0) is 4.74 Å². The SMILES string of the molecule is CCCCC(CC)COC(=O)N1CCC2(CC1)CC(=O)c1c(cc(C)c(Cl)c1C)O2. The molecular weight excluding hydrogens is 402 g/mol. The van der Waals surface area contributed by atoms with Crippen LogP contribution in [0.4, 0.5) is 4.79 Å². The van der Waals surface area contributed by atoms with Gasteiger partial charge in [-0.3, -0.25) is 4.79 Å². The summed E-state index contributed by atoms with van der Waals surface area (Å²) in [6.07, 6.45) is 5.78. The Morgan fingerprint density at radius 3 is 2.63 bits per heavy atom. The normalized spacial score (nSPS) is 18.7. The molecule has 1 fully saturated rings. The molecule has 0 aromatic heterocycles. The van der Waals surface area contributed by atoms with E-state index in [-0.39, 0.29) is 11.9 Å². The Hall–Kier alpha value is -1.75. The fourth-order valence-electron chi connectivity index (χ4n) is 4.55. The van der Waals surface area contributed by atoms with Crippen molar-refractivity contribution in [3.8, 4) is 5.75 Å². The van der Waals surface area contributed by atoms with Gasteiger partial charge in [-0.1, -0.05) is 44.7 Å². The number of likely N-dealkylation sites (tertiary alicyclic amines) is 1. The average Bonchev–Trinajstić information content (AvgIpc) is 2.72. The topological polar surface area (TPSA) is 55.8 Å². The largest absolute Gasteiger partial charge is 0.486 e. The number of unbranched alkanes of at least 4 members (excludes halogenated alkanes) is 1. The molecular formula is C24H34ClNO4. The lowest BCUT2D eigenvalue weighted by Gasteiger charge is -2.44. The Labute approximate surface area is 185 Å². The number of ether oxygens (including phenoxy) is 2. The van der Waals surface area contributed by atoms with Crippen LogP contribution in [0.5, 0.6) is 5.75 Å². The minimum Gasteiger partial charge on any atom is -0.486 e. The van der Waals surface area contributed by atoms with E-state index < -0.39 is 5.60 Å². The van der Waals surface area contributed by atoms with Crippen LogP contribution in [0.25, 0.3) is 0 Å². The summed E-state index contributed by atoms with van der Waals surface area (Å²) in [5.41, 5.74) is 1.77. The van der Waals surface area contributed by atoms with Gasteiger partial charge in [0.15, 0.2) is 5.78 Å². The van der Waals surface area contributed by atoms with Gasteiger partial charge < -0.3 is 14.4 Å². The van der Waals surface area contributed by atoms with Crippen molar-refractivity contribution < 1.29 is 19.1 Å². The second kappa shape index (κ2) is 9.59. The van der Waals surface area contributed by atoms with E-state index in [1.807, 2.05) is 19.9 Å². The van der Waals surface area contributed by atoms with E-state index >= 15 is 0 Å². The number of aryl methyl sites for hydroxylation is 1. The molecule has 5 nitrogen and oxygen atoms in total. The molecule has 1 unspecified atom stereocenters. The fraction of sp³-hybridized carbons (Fsp3) is 0.667. The van der Waals surface area contributed by atoms with Crippen molar-refractivity contribution in [2.24, 2.45) is 5.92 Å². The highest BCUT2D eigenvalue weighted by molar-refractivity contribution is 6.32. The molecule has 2 aliphatic rings. The number of hydrogen-bond acceptors (Lipinski definition) is 4. The molecule has 0 radical (unpaired) electrons. The zero-order valence-electron chi connectivity index (χ0n) is 18.7. The first-order valence-corrected chi connectivity index (χ1v) is 11.6. The number of fused-ring (bicyclic) bond motifs is 1. The minimum absolute atomic E-state index is 0.0772. The number of carbonyl (C=O) groups is 2. The molecule has 1 spiro atoms. The number of carbonyl (C=O) groups excluding carboxylic acids is 2. The third-order valence-electron chi connectivity index (χ3n) is 6.65. The first-order chi connectivity index (χ1) is 14.3. The molecule has 1 aromatic carbocycles. The summed E-state index contributed by atoms with van der Waals surface area (Å²) in [6.45, 7) is 9.68. The molecule has 2 aliphatic heterocycles. The zero-order valence-corrected chi connectivity index (χ0v) is 19.4. The quantitative estimate of drug-likeness (QED) is 0.540. The van der Waals surface area contributed by atoms with Crippen molar-refractivity contribution in [2.75, 3.05) is 19.7 Å². The van der Waals surface area contributed by atoms with Crippen molar-refractivity contribution in [3.05, 3.63) is 27.8 Å². The number of halogens is 1. The summed E-state index contributed by atoms with van der Waals surface area (Å²) >= 11 is 6.34. The third kappa shape index (κ3) is 4.77. The summed E-state index contributed by atoms with van der Waals surface area (Å²) in [4.78, 5) is 27.2. The molecule has 0 aliphatic carbocycles. The third-order valence-corrected chi connectivity index (χ3v) is 7.23. The number of nitrogens with zero attached hydrogens (tertiary/aromatic N) is 1. The summed E-state index contributed by atoms with van der Waals surface area (Å²) in [5, 5.41) is 0.628. The first kappa shape index (κ1) is 22.9. The van der Waals surface area contributed by atoms with Crippen LogP contribution in [0.3, 0.4) is 0 Å². The van der Waals surface area contributed by atoms with Crippen LogP contribution in [0.1, 0.15) is 80.3 Å². The number of piperidine rings is 1. The van der Waals surface area contributed by atoms with Gasteiger partial charge in [0.05, 0.1) is 18.6 Å². The summed E-state index contributed by atoms with van der Waals surface area (Å²) < 4.78 is 12.0. The predicted molar refractivity (Wildman–Crippen MR) is 119 cm³/mol. The molecule has 30 heavy (non-hydrogen) atoms. The van der Waals surface area contributed by atoms with E-state index in [9.17, 15) is 9.59 Å². The lowest BCUT2D eigenvalue weighted by atomic mass is 9.81. The maximum atomic E-state index is 12.9. The van der Waals surface area contributed by atoms with Crippen LogP contribution < -0.4 is 4.74 Å². The Balaban J connectivity index is 1.60. The van der Waals surface area contributed by atoms with Gasteiger partial charge in [0.25, 0.3) is 0 Å². The van der Waals surface area contributed by atoms with E-state index in [0.29, 0.717) is 61.2 Å². The molecule has 0 bridgehead atoms. The van der Waals surface area contributed by atoms with Crippen LogP contribution in [0.2, 0.25) is 5.02 Å². The van der Waals surface area contributed by atoms with Crippen molar-refractivity contribution in [1.29, 1.82) is 0 Å². The number of Topliss-reactive ketones (excluding diaryl/α,β-unsaturated/α-hetero) is 1. The highest BCUT2D eigenvalue weighted by Gasteiger charge is 2.44. The first-order valence-electron chi connectivity index (χ1n) is 11.2. The molecule has 0 saturated carbocycles. The van der Waals surface area contributed by atoms with E-state index in [0.717, 1.165) is 30.4 Å². The molecule has 0 N–H and O–H groups in total. The van der Waals surface area contributed by atoms with E-state index in [1.165, 1.54) is 6.42 Å². The van der Waals surface area contributed by atoms with Crippen LogP contribution >= 0.6 is 11.6 Å². The molecule has 1 amide bonds. The summed E-state index contributed by atoms with van der Waals surface area (Å²) in [7, 11) is 0. The number of rotatable bonds is 6. The van der Waals surface area contributed by atoms with Gasteiger partial charge >= 0.3 is 6.09 Å². The molecule has 166 valence electrons. The monoisotopic (exact) mass is 435 g/mol. The standard InChI is InChI=1S/C24H34ClNO4/c1-5-7-8-18(6-2)15-29-23(28)26-11-9-24(10-12-26)14-19(27)21-17(4)22(25)16(3)13-20(21)30-24/h13,18H,5-12,14-15H2,1-4H3. The second-order valence-electron chi connectivity index (χ2n) is 8.87. The minimum atomic E-state index is -0.541. The fourth-order valence-corrected chi connectivity index (χ4v) is 4.70. The van der Waals surface area contributed by atoms with Crippen molar-refractivity contribution >= 4 is 23.5 Å². The molecule has 1 aromatic rings. The lowest BCUT2D eigenvalue weighted by molar-refractivity contribution is -0.0107. The predicted octanol–water partition coefficient (Wildman–Crippen LogP) is 6.11. The van der Waals surface area contributed by atoms with Crippen LogP contribution in [-0.4, -0.2) is 42.1 Å². The number of hydrogen-bond donors (Lipinski definition) is 0. The Morgan fingerprint density at radius 2 is 2.00 bits per heavy atom.